The molecule has 8 heteroatoms. The summed E-state index contributed by atoms with van der Waals surface area (Å²) in [5, 5.41) is 4.98. The molecule has 0 heterocycles. The molecule has 2 amide bonds. The van der Waals surface area contributed by atoms with E-state index in [-0.39, 0.29) is 0 Å². The lowest BCUT2D eigenvalue weighted by Gasteiger charge is -2.17. The van der Waals surface area contributed by atoms with Crippen LogP contribution < -0.4 is 15.4 Å². The van der Waals surface area contributed by atoms with Crippen molar-refractivity contribution in [2.45, 2.75) is 26.0 Å². The van der Waals surface area contributed by atoms with E-state index < -0.39 is 35.7 Å². The van der Waals surface area contributed by atoms with Gasteiger partial charge in [-0.1, -0.05) is 12.1 Å². The van der Waals surface area contributed by atoms with Crippen LogP contribution in [0.2, 0.25) is 0 Å². The highest BCUT2D eigenvalue weighted by molar-refractivity contribution is 5.97. The van der Waals surface area contributed by atoms with Gasteiger partial charge >= 0.3 is 5.97 Å². The van der Waals surface area contributed by atoms with Crippen LogP contribution in [0.15, 0.2) is 54.6 Å². The number of esters is 1. The van der Waals surface area contributed by atoms with Gasteiger partial charge in [0.1, 0.15) is 17.6 Å². The molecule has 2 N–H and O–H groups in total. The van der Waals surface area contributed by atoms with Gasteiger partial charge in [-0.15, -0.1) is 0 Å². The van der Waals surface area contributed by atoms with Gasteiger partial charge in [0.15, 0.2) is 6.10 Å². The van der Waals surface area contributed by atoms with Crippen molar-refractivity contribution in [2.75, 3.05) is 12.4 Å². The van der Waals surface area contributed by atoms with Crippen LogP contribution in [0.5, 0.6) is 5.75 Å². The van der Waals surface area contributed by atoms with E-state index in [9.17, 15) is 18.8 Å². The van der Waals surface area contributed by atoms with Gasteiger partial charge in [0.25, 0.3) is 5.91 Å². The molecule has 7 nitrogen and oxygen atoms in total. The first kappa shape index (κ1) is 22.6. The fourth-order valence-electron chi connectivity index (χ4n) is 2.31. The topological polar surface area (TPSA) is 93.7 Å². The Hall–Kier alpha value is -3.68. The highest BCUT2D eigenvalue weighted by Crippen LogP contribution is 2.12. The normalized spacial score (nSPS) is 12.7. The summed E-state index contributed by atoms with van der Waals surface area (Å²) in [6, 6.07) is 11.3. The SMILES string of the molecule is COc1ccc(/C=C/C(=O)N[C@@H](C)C(=O)O[C@@H](C)C(=O)Nc2ccc(F)cc2)cc1. The van der Waals surface area contributed by atoms with Gasteiger partial charge in [-0.05, 0) is 61.9 Å². The minimum atomic E-state index is -1.10. The second-order valence-corrected chi connectivity index (χ2v) is 6.41. The van der Waals surface area contributed by atoms with Crippen LogP contribution >= 0.6 is 0 Å². The summed E-state index contributed by atoms with van der Waals surface area (Å²) in [5.74, 6) is -1.56. The second kappa shape index (κ2) is 10.8. The van der Waals surface area contributed by atoms with Crippen molar-refractivity contribution in [2.24, 2.45) is 0 Å². The van der Waals surface area contributed by atoms with Gasteiger partial charge in [0, 0.05) is 11.8 Å². The molecule has 0 saturated carbocycles. The van der Waals surface area contributed by atoms with Crippen molar-refractivity contribution >= 4 is 29.5 Å². The zero-order valence-electron chi connectivity index (χ0n) is 16.8. The quantitative estimate of drug-likeness (QED) is 0.512. The summed E-state index contributed by atoms with van der Waals surface area (Å²) >= 11 is 0. The lowest BCUT2D eigenvalue weighted by atomic mass is 10.2. The maximum Gasteiger partial charge on any atom is 0.329 e. The number of nitrogens with one attached hydrogen (secondary N) is 2. The van der Waals surface area contributed by atoms with E-state index >= 15 is 0 Å². The van der Waals surface area contributed by atoms with Gasteiger partial charge in [0.05, 0.1) is 7.11 Å². The first-order valence-corrected chi connectivity index (χ1v) is 9.18. The monoisotopic (exact) mass is 414 g/mol. The summed E-state index contributed by atoms with van der Waals surface area (Å²) in [6.45, 7) is 2.85. The number of hydrogen-bond acceptors (Lipinski definition) is 5. The Morgan fingerprint density at radius 1 is 1.00 bits per heavy atom. The average Bonchev–Trinajstić information content (AvgIpc) is 2.74. The first-order chi connectivity index (χ1) is 14.3. The maximum absolute atomic E-state index is 12.9. The van der Waals surface area contributed by atoms with Crippen molar-refractivity contribution in [1.29, 1.82) is 0 Å². The molecule has 0 aliphatic carbocycles. The minimum absolute atomic E-state index is 0.370. The van der Waals surface area contributed by atoms with Crippen molar-refractivity contribution in [3.8, 4) is 5.75 Å². The van der Waals surface area contributed by atoms with Crippen LogP contribution in [0.3, 0.4) is 0 Å². The summed E-state index contributed by atoms with van der Waals surface area (Å²) in [5.41, 5.74) is 1.15. The predicted octanol–water partition coefficient (Wildman–Crippen LogP) is 2.92. The van der Waals surface area contributed by atoms with Crippen LogP contribution in [0, 0.1) is 5.82 Å². The molecule has 0 radical (unpaired) electrons. The molecule has 30 heavy (non-hydrogen) atoms. The Balaban J connectivity index is 1.82. The predicted molar refractivity (Wildman–Crippen MR) is 110 cm³/mol. The largest absolute Gasteiger partial charge is 0.497 e. The molecule has 0 aromatic heterocycles. The van der Waals surface area contributed by atoms with Gasteiger partial charge in [0.2, 0.25) is 5.91 Å². The number of ether oxygens (including phenoxy) is 2. The van der Waals surface area contributed by atoms with E-state index in [0.717, 1.165) is 5.56 Å². The molecule has 2 aromatic carbocycles. The molecule has 0 spiro atoms. The van der Waals surface area contributed by atoms with E-state index in [1.54, 1.807) is 37.5 Å². The number of amides is 2. The van der Waals surface area contributed by atoms with E-state index in [0.29, 0.717) is 11.4 Å². The Morgan fingerprint density at radius 3 is 2.23 bits per heavy atom. The molecule has 2 rings (SSSR count). The van der Waals surface area contributed by atoms with Crippen LogP contribution in [-0.2, 0) is 19.1 Å². The Labute approximate surface area is 173 Å². The van der Waals surface area contributed by atoms with Crippen LogP contribution in [0.1, 0.15) is 19.4 Å². The number of hydrogen-bond donors (Lipinski definition) is 2. The van der Waals surface area contributed by atoms with Crippen molar-refractivity contribution in [3.63, 3.8) is 0 Å². The Kier molecular flexibility index (Phi) is 8.10. The van der Waals surface area contributed by atoms with Gasteiger partial charge in [-0.2, -0.15) is 0 Å². The molecule has 0 unspecified atom stereocenters. The summed E-state index contributed by atoms with van der Waals surface area (Å²) in [6.07, 6.45) is 1.78. The second-order valence-electron chi connectivity index (χ2n) is 6.41. The summed E-state index contributed by atoms with van der Waals surface area (Å²) in [7, 11) is 1.56. The van der Waals surface area contributed by atoms with E-state index in [1.807, 2.05) is 0 Å². The van der Waals surface area contributed by atoms with Crippen LogP contribution in [0.4, 0.5) is 10.1 Å². The van der Waals surface area contributed by atoms with Crippen LogP contribution in [0.25, 0.3) is 6.08 Å². The highest BCUT2D eigenvalue weighted by Gasteiger charge is 2.22. The number of anilines is 1. The molecule has 0 bridgehead atoms. The first-order valence-electron chi connectivity index (χ1n) is 9.18. The summed E-state index contributed by atoms with van der Waals surface area (Å²) < 4.78 is 23.0. The lowest BCUT2D eigenvalue weighted by Crippen LogP contribution is -2.41. The molecule has 0 aliphatic heterocycles. The van der Waals surface area contributed by atoms with Crippen molar-refractivity contribution < 1.29 is 28.2 Å². The van der Waals surface area contributed by atoms with E-state index in [4.69, 9.17) is 9.47 Å². The fourth-order valence-corrected chi connectivity index (χ4v) is 2.31. The van der Waals surface area contributed by atoms with Gasteiger partial charge < -0.3 is 20.1 Å². The zero-order chi connectivity index (χ0) is 22.1. The Morgan fingerprint density at radius 2 is 1.63 bits per heavy atom. The molecule has 158 valence electrons. The number of methoxy groups -OCH3 is 1. The fraction of sp³-hybridized carbons (Fsp3) is 0.227. The van der Waals surface area contributed by atoms with Crippen LogP contribution in [-0.4, -0.2) is 37.0 Å². The van der Waals surface area contributed by atoms with Gasteiger partial charge in [-0.3, -0.25) is 9.59 Å². The van der Waals surface area contributed by atoms with Crippen molar-refractivity contribution in [1.82, 2.24) is 5.32 Å². The molecular weight excluding hydrogens is 391 g/mol. The Bertz CT molecular complexity index is 910. The van der Waals surface area contributed by atoms with E-state index in [1.165, 1.54) is 44.2 Å². The average molecular weight is 414 g/mol. The van der Waals surface area contributed by atoms with Gasteiger partial charge in [-0.25, -0.2) is 9.18 Å². The zero-order valence-corrected chi connectivity index (χ0v) is 16.8. The molecule has 2 atom stereocenters. The minimum Gasteiger partial charge on any atom is -0.497 e. The maximum atomic E-state index is 12.9. The standard InChI is InChI=1S/C22H23FN2O5/c1-14(24-20(26)13-6-16-4-11-19(29-3)12-5-16)22(28)30-15(2)21(27)25-18-9-7-17(23)8-10-18/h4-15H,1-3H3,(H,24,26)(H,25,27)/b13-6+/t14-,15-/m0/s1. The third kappa shape index (κ3) is 7.05. The van der Waals surface area contributed by atoms with Crippen molar-refractivity contribution in [3.05, 3.63) is 66.0 Å². The number of rotatable bonds is 8. The van der Waals surface area contributed by atoms with E-state index in [2.05, 4.69) is 10.6 Å². The highest BCUT2D eigenvalue weighted by atomic mass is 19.1. The molecule has 0 saturated heterocycles. The smallest absolute Gasteiger partial charge is 0.329 e. The number of carbonyl (C=O) groups excluding carboxylic acids is 3. The molecule has 0 fully saturated rings. The third-order valence-electron chi connectivity index (χ3n) is 4.03. The molecular formula is C22H23FN2O5. The number of carbonyl (C=O) groups is 3. The number of halogens is 1. The summed E-state index contributed by atoms with van der Waals surface area (Å²) in [4.78, 5) is 36.2. The number of benzene rings is 2. The molecule has 2 aromatic rings. The lowest BCUT2D eigenvalue weighted by molar-refractivity contribution is -0.155. The molecule has 0 aliphatic rings. The third-order valence-corrected chi connectivity index (χ3v) is 4.03.